The van der Waals surface area contributed by atoms with Gasteiger partial charge < -0.3 is 57.0 Å². The third-order valence-electron chi connectivity index (χ3n) is 13.6. The summed E-state index contributed by atoms with van der Waals surface area (Å²) in [5.74, 6) is 15.7. The standard InChI is InChI=1S/4C14H23O2.Al/c4*1-4-6-9-12(3)13(5-2)16-14-10-7-8-11-15-14;/h4*12-14H,4,6-11H2,1,3H3;/q;;;;-1. The van der Waals surface area contributed by atoms with Crippen LogP contribution in [0.25, 0.3) is 0 Å². The van der Waals surface area contributed by atoms with E-state index in [2.05, 4.69) is 98.2 Å². The third kappa shape index (κ3) is 21.7. The first kappa shape index (κ1) is 56.0. The quantitative estimate of drug-likeness (QED) is 0.0700. The Labute approximate surface area is 401 Å². The van der Waals surface area contributed by atoms with Crippen molar-refractivity contribution in [3.63, 3.8) is 0 Å². The maximum atomic E-state index is 6.83. The molecule has 4 saturated heterocycles. The molecular weight excluding hydrogens is 828 g/mol. The van der Waals surface area contributed by atoms with Gasteiger partial charge in [-0.2, -0.15) is 0 Å². The third-order valence-corrected chi connectivity index (χ3v) is 16.0. The first-order chi connectivity index (χ1) is 31.7. The van der Waals surface area contributed by atoms with Gasteiger partial charge in [0.25, 0.3) is 0 Å². The van der Waals surface area contributed by atoms with Crippen LogP contribution in [0.15, 0.2) is 0 Å². The summed E-state index contributed by atoms with van der Waals surface area (Å²) >= 11 is -3.98. The summed E-state index contributed by atoms with van der Waals surface area (Å²) in [6, 6.07) is 0. The molecule has 4 rings (SSSR count). The van der Waals surface area contributed by atoms with E-state index in [1.54, 1.807) is 0 Å². The monoisotopic (exact) mass is 920 g/mol. The van der Waals surface area contributed by atoms with Gasteiger partial charge in [-0.05, 0) is 126 Å². The SMILES string of the molecule is CCCCC(C)C(C#[C][Al-]([C]#CC(OC1CCCCO1)C(C)CCCC)([C]#CC(OC1CCCCO1)C(C)CCCC)[C]#CC(OC1CCCCO1)C(C)CCCC)OC1CCCCO1. The topological polar surface area (TPSA) is 73.8 Å². The molecule has 8 nitrogen and oxygen atoms in total. The fourth-order valence-electron chi connectivity index (χ4n) is 8.92. The van der Waals surface area contributed by atoms with Crippen molar-refractivity contribution in [1.29, 1.82) is 0 Å². The van der Waals surface area contributed by atoms with Crippen LogP contribution in [0.4, 0.5) is 0 Å². The second-order valence-electron chi connectivity index (χ2n) is 19.9. The molecular formula is C56H92AlO8-. The van der Waals surface area contributed by atoms with E-state index < -0.39 is 13.1 Å². The van der Waals surface area contributed by atoms with Gasteiger partial charge in [0.05, 0.1) is 0 Å². The zero-order chi connectivity index (χ0) is 46.5. The van der Waals surface area contributed by atoms with Crippen LogP contribution in [-0.4, -0.2) is 89.1 Å². The molecule has 4 aliphatic heterocycles. The second kappa shape index (κ2) is 33.1. The van der Waals surface area contributed by atoms with Crippen molar-refractivity contribution >= 4 is 13.1 Å². The van der Waals surface area contributed by atoms with E-state index in [4.69, 9.17) is 37.9 Å². The minimum atomic E-state index is -3.98. The van der Waals surface area contributed by atoms with Gasteiger partial charge in [-0.25, -0.2) is 0 Å². The van der Waals surface area contributed by atoms with E-state index in [-0.39, 0.29) is 73.2 Å². The van der Waals surface area contributed by atoms with Gasteiger partial charge in [-0.15, -0.1) is 23.7 Å². The minimum absolute atomic E-state index is 0.189. The molecule has 4 aliphatic rings. The lowest BCUT2D eigenvalue weighted by Crippen LogP contribution is -2.36. The van der Waals surface area contributed by atoms with Crippen molar-refractivity contribution in [3.05, 3.63) is 0 Å². The molecule has 12 unspecified atom stereocenters. The van der Waals surface area contributed by atoms with E-state index in [0.717, 1.165) is 154 Å². The largest absolute Gasteiger partial charge is 0.485 e. The van der Waals surface area contributed by atoms with Crippen LogP contribution in [0.5, 0.6) is 0 Å². The van der Waals surface area contributed by atoms with Crippen molar-refractivity contribution in [1.82, 2.24) is 0 Å². The van der Waals surface area contributed by atoms with Crippen LogP contribution < -0.4 is 0 Å². The van der Waals surface area contributed by atoms with E-state index in [1.165, 1.54) is 0 Å². The van der Waals surface area contributed by atoms with Crippen molar-refractivity contribution in [3.8, 4) is 42.8 Å². The summed E-state index contributed by atoms with van der Waals surface area (Å²) in [4.78, 5) is 15.4. The number of rotatable bonds is 24. The normalized spacial score (nSPS) is 26.0. The predicted octanol–water partition coefficient (Wildman–Crippen LogP) is 12.6. The van der Waals surface area contributed by atoms with Crippen LogP contribution >= 0.6 is 0 Å². The van der Waals surface area contributed by atoms with Crippen molar-refractivity contribution in [2.75, 3.05) is 26.4 Å². The molecule has 0 aromatic heterocycles. The number of ether oxygens (including phenoxy) is 8. The average Bonchev–Trinajstić information content (AvgIpc) is 3.34. The van der Waals surface area contributed by atoms with Crippen LogP contribution in [0.2, 0.25) is 0 Å². The van der Waals surface area contributed by atoms with Gasteiger partial charge >= 0.3 is 13.1 Å². The average molecular weight is 920 g/mol. The Hall–Kier alpha value is -1.55. The molecule has 0 spiro atoms. The Kier molecular flexibility index (Phi) is 28.5. The van der Waals surface area contributed by atoms with Gasteiger partial charge in [0.15, 0.2) is 25.2 Å². The lowest BCUT2D eigenvalue weighted by Gasteiger charge is -2.30. The van der Waals surface area contributed by atoms with Gasteiger partial charge in [0, 0.05) is 26.4 Å². The van der Waals surface area contributed by atoms with E-state index >= 15 is 0 Å². The highest BCUT2D eigenvalue weighted by molar-refractivity contribution is 7.06. The molecule has 0 bridgehead atoms. The summed E-state index contributed by atoms with van der Waals surface area (Å²) in [7, 11) is 0. The lowest BCUT2D eigenvalue weighted by atomic mass is 9.98. The summed E-state index contributed by atoms with van der Waals surface area (Å²) in [5, 5.41) is 0. The molecule has 65 heavy (non-hydrogen) atoms. The van der Waals surface area contributed by atoms with Crippen LogP contribution in [0, 0.1) is 66.5 Å². The lowest BCUT2D eigenvalue weighted by molar-refractivity contribution is -0.185. The molecule has 0 radical (unpaired) electrons. The van der Waals surface area contributed by atoms with Crippen molar-refractivity contribution in [2.45, 2.75) is 259 Å². The van der Waals surface area contributed by atoms with E-state index in [1.807, 2.05) is 0 Å². The molecule has 0 aromatic rings. The molecule has 4 heterocycles. The Morgan fingerprint density at radius 1 is 0.385 bits per heavy atom. The molecule has 368 valence electrons. The maximum Gasteiger partial charge on any atom is 0.485 e. The highest BCUT2D eigenvalue weighted by Gasteiger charge is 2.31. The van der Waals surface area contributed by atoms with Crippen molar-refractivity contribution in [2.24, 2.45) is 23.7 Å². The number of hydrogen-bond donors (Lipinski definition) is 0. The molecule has 0 amide bonds. The summed E-state index contributed by atoms with van der Waals surface area (Å²) in [6.45, 7) is 20.9. The highest BCUT2D eigenvalue weighted by Crippen LogP contribution is 2.26. The smallest absolute Gasteiger partial charge is 0.353 e. The zero-order valence-corrected chi connectivity index (χ0v) is 43.7. The number of unbranched alkanes of at least 4 members (excludes halogenated alkanes) is 4. The minimum Gasteiger partial charge on any atom is -0.353 e. The molecule has 0 saturated carbocycles. The molecule has 9 heteroatoms. The van der Waals surface area contributed by atoms with E-state index in [9.17, 15) is 0 Å². The first-order valence-corrected chi connectivity index (χ1v) is 29.3. The Balaban J connectivity index is 1.98. The summed E-state index contributed by atoms with van der Waals surface area (Å²) < 4.78 is 52.1. The Morgan fingerprint density at radius 3 is 0.800 bits per heavy atom. The molecule has 0 N–H and O–H groups in total. The van der Waals surface area contributed by atoms with Crippen LogP contribution in [-0.2, 0) is 37.9 Å². The molecule has 0 aromatic carbocycles. The zero-order valence-electron chi connectivity index (χ0n) is 42.6. The second-order valence-corrected chi connectivity index (χ2v) is 22.8. The summed E-state index contributed by atoms with van der Waals surface area (Å²) in [6.07, 6.45) is 22.5. The molecule has 4 fully saturated rings. The highest BCUT2D eigenvalue weighted by atomic mass is 27.2. The van der Waals surface area contributed by atoms with Crippen LogP contribution in [0.3, 0.4) is 0 Å². The maximum absolute atomic E-state index is 6.83. The van der Waals surface area contributed by atoms with Gasteiger partial charge in [0.2, 0.25) is 0 Å². The van der Waals surface area contributed by atoms with Gasteiger partial charge in [0.1, 0.15) is 24.4 Å². The number of hydrogen-bond acceptors (Lipinski definition) is 8. The van der Waals surface area contributed by atoms with E-state index in [0.29, 0.717) is 26.4 Å². The molecule has 12 atom stereocenters. The van der Waals surface area contributed by atoms with Crippen molar-refractivity contribution < 1.29 is 37.9 Å². The van der Waals surface area contributed by atoms with Crippen LogP contribution in [0.1, 0.15) is 209 Å². The summed E-state index contributed by atoms with van der Waals surface area (Å²) in [5.41, 5.74) is 0. The Bertz CT molecular complexity index is 1290. The van der Waals surface area contributed by atoms with Gasteiger partial charge in [-0.1, -0.05) is 107 Å². The molecule has 0 aliphatic carbocycles. The fraction of sp³-hybridized carbons (Fsp3) is 0.857. The first-order valence-electron chi connectivity index (χ1n) is 27.0. The Morgan fingerprint density at radius 2 is 0.615 bits per heavy atom. The van der Waals surface area contributed by atoms with Gasteiger partial charge in [-0.3, -0.25) is 0 Å². The fourth-order valence-corrected chi connectivity index (χ4v) is 11.0. The predicted molar refractivity (Wildman–Crippen MR) is 265 cm³/mol.